The first-order chi connectivity index (χ1) is 8.14. The summed E-state index contributed by atoms with van der Waals surface area (Å²) in [5.74, 6) is 0.876. The van der Waals surface area contributed by atoms with Gasteiger partial charge in [0.1, 0.15) is 5.82 Å². The maximum absolute atomic E-state index is 6.49. The van der Waals surface area contributed by atoms with E-state index in [0.29, 0.717) is 0 Å². The topological polar surface area (TPSA) is 51.8 Å². The lowest BCUT2D eigenvalue weighted by molar-refractivity contribution is 0.285. The van der Waals surface area contributed by atoms with Crippen LogP contribution >= 0.6 is 0 Å². The lowest BCUT2D eigenvalue weighted by Crippen LogP contribution is -2.40. The van der Waals surface area contributed by atoms with E-state index in [1.165, 1.54) is 19.3 Å². The Morgan fingerprint density at radius 1 is 1.24 bits per heavy atom. The smallest absolute Gasteiger partial charge is 0.148 e. The Kier molecular flexibility index (Phi) is 3.77. The average molecular weight is 233 g/mol. The fourth-order valence-corrected chi connectivity index (χ4v) is 2.65. The Morgan fingerprint density at radius 2 is 1.94 bits per heavy atom. The molecule has 1 fully saturated rings. The van der Waals surface area contributed by atoms with Gasteiger partial charge in [0.2, 0.25) is 0 Å². The Hall–Kier alpha value is -0.960. The van der Waals surface area contributed by atoms with Gasteiger partial charge in [-0.1, -0.05) is 32.6 Å². The molecular weight excluding hydrogens is 210 g/mol. The summed E-state index contributed by atoms with van der Waals surface area (Å²) >= 11 is 0. The molecule has 3 nitrogen and oxygen atoms in total. The van der Waals surface area contributed by atoms with Gasteiger partial charge in [-0.15, -0.1) is 0 Å². The van der Waals surface area contributed by atoms with Gasteiger partial charge in [-0.25, -0.2) is 9.97 Å². The highest BCUT2D eigenvalue weighted by molar-refractivity contribution is 5.16. The number of nitrogens with zero attached hydrogens (tertiary/aromatic N) is 2. The van der Waals surface area contributed by atoms with Crippen molar-refractivity contribution in [2.75, 3.05) is 0 Å². The van der Waals surface area contributed by atoms with E-state index in [2.05, 4.69) is 23.0 Å². The van der Waals surface area contributed by atoms with Crippen molar-refractivity contribution < 1.29 is 0 Å². The molecule has 1 aromatic rings. The zero-order valence-corrected chi connectivity index (χ0v) is 11.0. The number of aromatic nitrogens is 2. The molecule has 0 aromatic carbocycles. The highest BCUT2D eigenvalue weighted by Gasteiger charge is 2.32. The van der Waals surface area contributed by atoms with E-state index >= 15 is 0 Å². The van der Waals surface area contributed by atoms with Crippen molar-refractivity contribution in [3.05, 3.63) is 23.3 Å². The minimum absolute atomic E-state index is 0.271. The summed E-state index contributed by atoms with van der Waals surface area (Å²) in [6, 6.07) is 2.08. The molecule has 0 bridgehead atoms. The van der Waals surface area contributed by atoms with E-state index in [4.69, 9.17) is 5.73 Å². The first kappa shape index (κ1) is 12.5. The predicted octanol–water partition coefficient (Wildman–Crippen LogP) is 2.86. The second-order valence-electron chi connectivity index (χ2n) is 5.29. The molecule has 0 radical (unpaired) electrons. The summed E-state index contributed by atoms with van der Waals surface area (Å²) in [6.45, 7) is 4.21. The van der Waals surface area contributed by atoms with E-state index in [1.54, 1.807) is 0 Å². The lowest BCUT2D eigenvalue weighted by atomic mass is 9.82. The first-order valence-corrected chi connectivity index (χ1v) is 6.78. The van der Waals surface area contributed by atoms with Crippen LogP contribution in [0.2, 0.25) is 0 Å². The van der Waals surface area contributed by atoms with E-state index in [-0.39, 0.29) is 5.54 Å². The Bertz CT molecular complexity index is 381. The number of rotatable bonds is 3. The summed E-state index contributed by atoms with van der Waals surface area (Å²) in [5.41, 5.74) is 8.41. The van der Waals surface area contributed by atoms with Gasteiger partial charge in [0.05, 0.1) is 5.54 Å². The monoisotopic (exact) mass is 233 g/mol. The average Bonchev–Trinajstić information content (AvgIpc) is 2.30. The van der Waals surface area contributed by atoms with Gasteiger partial charge < -0.3 is 5.73 Å². The van der Waals surface area contributed by atoms with Crippen LogP contribution in [-0.4, -0.2) is 9.97 Å². The molecule has 94 valence electrons. The molecule has 0 saturated heterocycles. The first-order valence-electron chi connectivity index (χ1n) is 6.78. The third kappa shape index (κ3) is 2.83. The minimum atomic E-state index is -0.271. The molecule has 1 aliphatic carbocycles. The molecule has 0 aliphatic heterocycles. The van der Waals surface area contributed by atoms with Gasteiger partial charge in [0.25, 0.3) is 0 Å². The largest absolute Gasteiger partial charge is 0.319 e. The van der Waals surface area contributed by atoms with Gasteiger partial charge in [0, 0.05) is 11.4 Å². The maximum Gasteiger partial charge on any atom is 0.148 e. The summed E-state index contributed by atoms with van der Waals surface area (Å²) in [4.78, 5) is 9.26. The standard InChI is InChI=1S/C14H23N3/c1-3-7-12-10-11(2)16-13(17-12)14(15)8-5-4-6-9-14/h10H,3-9,15H2,1-2H3. The zero-order chi connectivity index (χ0) is 12.3. The van der Waals surface area contributed by atoms with Crippen LogP contribution in [0.25, 0.3) is 0 Å². The third-order valence-corrected chi connectivity index (χ3v) is 3.60. The Morgan fingerprint density at radius 3 is 2.59 bits per heavy atom. The van der Waals surface area contributed by atoms with Gasteiger partial charge in [-0.2, -0.15) is 0 Å². The van der Waals surface area contributed by atoms with Gasteiger partial charge in [-0.05, 0) is 32.3 Å². The molecule has 2 N–H and O–H groups in total. The summed E-state index contributed by atoms with van der Waals surface area (Å²) in [7, 11) is 0. The predicted molar refractivity (Wildman–Crippen MR) is 69.7 cm³/mol. The SMILES string of the molecule is CCCc1cc(C)nc(C2(N)CCCCC2)n1. The molecule has 1 aliphatic rings. The second kappa shape index (κ2) is 5.13. The maximum atomic E-state index is 6.49. The van der Waals surface area contributed by atoms with Crippen LogP contribution in [0.3, 0.4) is 0 Å². The molecule has 3 heteroatoms. The van der Waals surface area contributed by atoms with Crippen LogP contribution in [0.5, 0.6) is 0 Å². The third-order valence-electron chi connectivity index (χ3n) is 3.60. The summed E-state index contributed by atoms with van der Waals surface area (Å²) in [5, 5.41) is 0. The van der Waals surface area contributed by atoms with Gasteiger partial charge >= 0.3 is 0 Å². The lowest BCUT2D eigenvalue weighted by Gasteiger charge is -2.32. The molecule has 1 heterocycles. The van der Waals surface area contributed by atoms with Crippen LogP contribution in [-0.2, 0) is 12.0 Å². The van der Waals surface area contributed by atoms with Crippen molar-refractivity contribution in [3.8, 4) is 0 Å². The molecule has 1 saturated carbocycles. The Labute approximate surface area is 104 Å². The van der Waals surface area contributed by atoms with Crippen LogP contribution in [0.15, 0.2) is 6.07 Å². The normalized spacial score (nSPS) is 19.2. The second-order valence-corrected chi connectivity index (χ2v) is 5.29. The molecule has 0 atom stereocenters. The highest BCUT2D eigenvalue weighted by Crippen LogP contribution is 2.32. The van der Waals surface area contributed by atoms with Crippen LogP contribution in [0.4, 0.5) is 0 Å². The molecule has 0 unspecified atom stereocenters. The number of hydrogen-bond donors (Lipinski definition) is 1. The van der Waals surface area contributed by atoms with Crippen molar-refractivity contribution >= 4 is 0 Å². The molecule has 0 spiro atoms. The molecule has 0 amide bonds. The van der Waals surface area contributed by atoms with Gasteiger partial charge in [-0.3, -0.25) is 0 Å². The van der Waals surface area contributed by atoms with E-state index < -0.39 is 0 Å². The van der Waals surface area contributed by atoms with Crippen molar-refractivity contribution in [2.24, 2.45) is 5.73 Å². The minimum Gasteiger partial charge on any atom is -0.319 e. The van der Waals surface area contributed by atoms with Crippen molar-refractivity contribution in [3.63, 3.8) is 0 Å². The van der Waals surface area contributed by atoms with E-state index in [0.717, 1.165) is 42.9 Å². The highest BCUT2D eigenvalue weighted by atomic mass is 15.0. The van der Waals surface area contributed by atoms with Crippen LogP contribution < -0.4 is 5.73 Å². The molecular formula is C14H23N3. The Balaban J connectivity index is 2.30. The fraction of sp³-hybridized carbons (Fsp3) is 0.714. The summed E-state index contributed by atoms with van der Waals surface area (Å²) < 4.78 is 0. The zero-order valence-electron chi connectivity index (χ0n) is 11.0. The van der Waals surface area contributed by atoms with Crippen molar-refractivity contribution in [1.82, 2.24) is 9.97 Å². The molecule has 2 rings (SSSR count). The van der Waals surface area contributed by atoms with Crippen molar-refractivity contribution in [2.45, 2.75) is 64.3 Å². The number of aryl methyl sites for hydroxylation is 2. The van der Waals surface area contributed by atoms with E-state index in [9.17, 15) is 0 Å². The summed E-state index contributed by atoms with van der Waals surface area (Å²) in [6.07, 6.45) is 7.91. The quantitative estimate of drug-likeness (QED) is 0.873. The number of hydrogen-bond acceptors (Lipinski definition) is 3. The van der Waals surface area contributed by atoms with Crippen molar-refractivity contribution in [1.29, 1.82) is 0 Å². The number of nitrogens with two attached hydrogens (primary N) is 1. The van der Waals surface area contributed by atoms with E-state index in [1.807, 2.05) is 6.92 Å². The fourth-order valence-electron chi connectivity index (χ4n) is 2.65. The van der Waals surface area contributed by atoms with Crippen LogP contribution in [0.1, 0.15) is 62.7 Å². The van der Waals surface area contributed by atoms with Gasteiger partial charge in [0.15, 0.2) is 0 Å². The molecule has 17 heavy (non-hydrogen) atoms. The van der Waals surface area contributed by atoms with Crippen LogP contribution in [0, 0.1) is 6.92 Å². The molecule has 1 aromatic heterocycles.